The average molecular weight is 370 g/mol. The number of aromatic nitrogens is 1. The van der Waals surface area contributed by atoms with Crippen molar-refractivity contribution in [3.63, 3.8) is 0 Å². The third-order valence-electron chi connectivity index (χ3n) is 2.25. The number of alkyl halides is 3. The van der Waals surface area contributed by atoms with Crippen LogP contribution in [0.1, 0.15) is 15.4 Å². The van der Waals surface area contributed by atoms with E-state index in [1.165, 1.54) is 12.1 Å². The monoisotopic (exact) mass is 369 g/mol. The van der Waals surface area contributed by atoms with Crippen LogP contribution in [0.5, 0.6) is 0 Å². The Kier molecular flexibility index (Phi) is 3.83. The Balaban J connectivity index is 2.62. The third kappa shape index (κ3) is 2.83. The average Bonchev–Trinajstić information content (AvgIpc) is 2.73. The molecule has 0 radical (unpaired) electrons. The highest BCUT2D eigenvalue weighted by Crippen LogP contribution is 2.38. The Morgan fingerprint density at radius 2 is 2.00 bits per heavy atom. The van der Waals surface area contributed by atoms with Crippen LogP contribution in [0, 0.1) is 5.82 Å². The van der Waals surface area contributed by atoms with E-state index in [1.807, 2.05) is 0 Å². The molecule has 0 aliphatic heterocycles. The van der Waals surface area contributed by atoms with E-state index in [0.29, 0.717) is 4.47 Å². The molecule has 3 nitrogen and oxygen atoms in total. The fourth-order valence-electron chi connectivity index (χ4n) is 1.44. The zero-order valence-electron chi connectivity index (χ0n) is 9.33. The van der Waals surface area contributed by atoms with E-state index in [1.54, 1.807) is 0 Å². The molecule has 0 aliphatic carbocycles. The zero-order chi connectivity index (χ0) is 15.1. The van der Waals surface area contributed by atoms with Gasteiger partial charge in [-0.1, -0.05) is 15.9 Å². The molecule has 1 aromatic carbocycles. The molecule has 106 valence electrons. The molecule has 0 amide bonds. The van der Waals surface area contributed by atoms with Crippen molar-refractivity contribution in [1.29, 1.82) is 0 Å². The van der Waals surface area contributed by atoms with Gasteiger partial charge in [0, 0.05) is 10.0 Å². The second-order valence-electron chi connectivity index (χ2n) is 3.62. The van der Waals surface area contributed by atoms with Gasteiger partial charge in [0.2, 0.25) is 0 Å². The van der Waals surface area contributed by atoms with Crippen LogP contribution in [0.3, 0.4) is 0 Å². The predicted octanol–water partition coefficient (Wildman–Crippen LogP) is 4.43. The summed E-state index contributed by atoms with van der Waals surface area (Å²) >= 11 is 3.29. The molecular weight excluding hydrogens is 366 g/mol. The van der Waals surface area contributed by atoms with Crippen molar-refractivity contribution < 1.29 is 27.5 Å². The van der Waals surface area contributed by atoms with E-state index < -0.39 is 28.5 Å². The van der Waals surface area contributed by atoms with Crippen LogP contribution >= 0.6 is 27.3 Å². The zero-order valence-corrected chi connectivity index (χ0v) is 11.7. The van der Waals surface area contributed by atoms with Crippen LogP contribution in [-0.2, 0) is 6.18 Å². The van der Waals surface area contributed by atoms with Crippen molar-refractivity contribution in [1.82, 2.24) is 4.98 Å². The number of hydrogen-bond donors (Lipinski definition) is 1. The molecule has 0 atom stereocenters. The molecule has 0 fully saturated rings. The topological polar surface area (TPSA) is 50.2 Å². The molecule has 0 spiro atoms. The molecule has 0 saturated carbocycles. The van der Waals surface area contributed by atoms with Crippen LogP contribution in [0.25, 0.3) is 10.6 Å². The fourth-order valence-corrected chi connectivity index (χ4v) is 2.72. The van der Waals surface area contributed by atoms with Crippen molar-refractivity contribution in [2.24, 2.45) is 0 Å². The lowest BCUT2D eigenvalue weighted by molar-refractivity contribution is -0.141. The van der Waals surface area contributed by atoms with Gasteiger partial charge in [-0.05, 0) is 18.2 Å². The highest BCUT2D eigenvalue weighted by Gasteiger charge is 2.40. The fraction of sp³-hybridized carbons (Fsp3) is 0.0909. The molecule has 9 heteroatoms. The van der Waals surface area contributed by atoms with Gasteiger partial charge in [-0.2, -0.15) is 13.2 Å². The van der Waals surface area contributed by atoms with Crippen molar-refractivity contribution in [2.75, 3.05) is 0 Å². The lowest BCUT2D eigenvalue weighted by Gasteiger charge is -2.02. The minimum Gasteiger partial charge on any atom is -0.477 e. The molecule has 0 aliphatic rings. The minimum absolute atomic E-state index is 0.184. The molecule has 1 N–H and O–H groups in total. The van der Waals surface area contributed by atoms with E-state index in [9.17, 15) is 22.4 Å². The van der Waals surface area contributed by atoms with Gasteiger partial charge >= 0.3 is 12.1 Å². The summed E-state index contributed by atoms with van der Waals surface area (Å²) in [6, 6.07) is 3.71. The van der Waals surface area contributed by atoms with Crippen LogP contribution < -0.4 is 0 Å². The maximum atomic E-state index is 13.7. The first-order chi connectivity index (χ1) is 9.20. The molecule has 2 aromatic rings. The molecule has 1 heterocycles. The Hall–Kier alpha value is -1.48. The van der Waals surface area contributed by atoms with Gasteiger partial charge in [0.1, 0.15) is 15.7 Å². The first-order valence-corrected chi connectivity index (χ1v) is 6.58. The first kappa shape index (κ1) is 14.9. The number of nitrogens with zero attached hydrogens (tertiary/aromatic N) is 1. The quantitative estimate of drug-likeness (QED) is 0.796. The second-order valence-corrected chi connectivity index (χ2v) is 5.54. The summed E-state index contributed by atoms with van der Waals surface area (Å²) in [6.07, 6.45) is -4.91. The van der Waals surface area contributed by atoms with Crippen molar-refractivity contribution in [3.8, 4) is 10.6 Å². The number of hydrogen-bond acceptors (Lipinski definition) is 3. The van der Waals surface area contributed by atoms with Crippen LogP contribution in [0.15, 0.2) is 22.7 Å². The minimum atomic E-state index is -4.91. The number of carboxylic acid groups (broad SMARTS) is 1. The predicted molar refractivity (Wildman–Crippen MR) is 67.2 cm³/mol. The molecule has 2 rings (SSSR count). The van der Waals surface area contributed by atoms with Gasteiger partial charge in [0.15, 0.2) is 5.69 Å². The molecule has 0 saturated heterocycles. The molecular formula is C11H4BrF4NO2S. The van der Waals surface area contributed by atoms with Gasteiger partial charge in [0.05, 0.1) is 0 Å². The largest absolute Gasteiger partial charge is 0.477 e. The van der Waals surface area contributed by atoms with Gasteiger partial charge in [-0.25, -0.2) is 14.2 Å². The Labute approximate surface area is 122 Å². The summed E-state index contributed by atoms with van der Waals surface area (Å²) in [5, 5.41) is 8.44. The van der Waals surface area contributed by atoms with Crippen LogP contribution in [-0.4, -0.2) is 16.1 Å². The number of carboxylic acids is 1. The summed E-state index contributed by atoms with van der Waals surface area (Å²) in [5.74, 6) is -2.54. The molecule has 0 bridgehead atoms. The van der Waals surface area contributed by atoms with Gasteiger partial charge in [-0.15, -0.1) is 11.3 Å². The smallest absolute Gasteiger partial charge is 0.435 e. The van der Waals surface area contributed by atoms with Crippen molar-refractivity contribution in [2.45, 2.75) is 6.18 Å². The van der Waals surface area contributed by atoms with E-state index in [4.69, 9.17) is 5.11 Å². The van der Waals surface area contributed by atoms with Gasteiger partial charge in [-0.3, -0.25) is 0 Å². The number of rotatable bonds is 2. The van der Waals surface area contributed by atoms with Crippen LogP contribution in [0.4, 0.5) is 17.6 Å². The summed E-state index contributed by atoms with van der Waals surface area (Å²) in [4.78, 5) is 13.1. The maximum Gasteiger partial charge on any atom is 0.435 e. The van der Waals surface area contributed by atoms with Gasteiger partial charge < -0.3 is 5.11 Å². The summed E-state index contributed by atoms with van der Waals surface area (Å²) in [5.41, 5.74) is -1.71. The summed E-state index contributed by atoms with van der Waals surface area (Å²) in [6.45, 7) is 0. The number of aromatic carboxylic acids is 1. The highest BCUT2D eigenvalue weighted by molar-refractivity contribution is 9.10. The van der Waals surface area contributed by atoms with Crippen molar-refractivity contribution >= 4 is 33.2 Å². The number of halogens is 5. The SMILES string of the molecule is O=C(O)c1sc(-c2ccc(Br)cc2F)nc1C(F)(F)F. The lowest BCUT2D eigenvalue weighted by atomic mass is 10.2. The highest BCUT2D eigenvalue weighted by atomic mass is 79.9. The van der Waals surface area contributed by atoms with Crippen LogP contribution in [0.2, 0.25) is 0 Å². The molecule has 0 unspecified atom stereocenters. The van der Waals surface area contributed by atoms with E-state index in [2.05, 4.69) is 20.9 Å². The molecule has 20 heavy (non-hydrogen) atoms. The third-order valence-corrected chi connectivity index (χ3v) is 3.82. The standard InChI is InChI=1S/C11H4BrF4NO2S/c12-4-1-2-5(6(13)3-4)9-17-8(11(14,15)16)7(20-9)10(18)19/h1-3H,(H,18,19). The van der Waals surface area contributed by atoms with E-state index in [-0.39, 0.29) is 21.9 Å². The first-order valence-electron chi connectivity index (χ1n) is 4.97. The van der Waals surface area contributed by atoms with Crippen molar-refractivity contribution in [3.05, 3.63) is 39.1 Å². The Morgan fingerprint density at radius 3 is 2.45 bits per heavy atom. The van der Waals surface area contributed by atoms with Gasteiger partial charge in [0.25, 0.3) is 0 Å². The van der Waals surface area contributed by atoms with E-state index >= 15 is 0 Å². The van der Waals surface area contributed by atoms with E-state index in [0.717, 1.165) is 6.07 Å². The molecule has 1 aromatic heterocycles. The lowest BCUT2D eigenvalue weighted by Crippen LogP contribution is -2.11. The second kappa shape index (κ2) is 5.13. The Bertz CT molecular complexity index is 684. The normalized spacial score (nSPS) is 11.7. The Morgan fingerprint density at radius 1 is 1.35 bits per heavy atom. The summed E-state index contributed by atoms with van der Waals surface area (Å²) < 4.78 is 52.1. The maximum absolute atomic E-state index is 13.7. The number of benzene rings is 1. The number of thiazole rings is 1. The number of carbonyl (C=O) groups is 1. The summed E-state index contributed by atoms with van der Waals surface area (Å²) in [7, 11) is 0.